The van der Waals surface area contributed by atoms with Gasteiger partial charge in [-0.05, 0) is 19.1 Å². The maximum Gasteiger partial charge on any atom is 0.328 e. The summed E-state index contributed by atoms with van der Waals surface area (Å²) in [5.74, 6) is 1.52. The Hall–Kier alpha value is -1.16. The molecule has 0 spiro atoms. The lowest BCUT2D eigenvalue weighted by molar-refractivity contribution is -0.131. The number of hydrogen-bond acceptors (Lipinski definition) is 3. The van der Waals surface area contributed by atoms with E-state index in [1.165, 1.54) is 6.08 Å². The van der Waals surface area contributed by atoms with Gasteiger partial charge in [-0.15, -0.1) is 11.8 Å². The predicted octanol–water partition coefficient (Wildman–Crippen LogP) is 2.54. The summed E-state index contributed by atoms with van der Waals surface area (Å²) in [6.07, 6.45) is 2.87. The Balaban J connectivity index is 2.25. The summed E-state index contributed by atoms with van der Waals surface area (Å²) in [4.78, 5) is 10.3. The van der Waals surface area contributed by atoms with E-state index in [2.05, 4.69) is 0 Å². The number of carboxylic acids is 1. The van der Waals surface area contributed by atoms with Crippen molar-refractivity contribution in [3.8, 4) is 0 Å². The lowest BCUT2D eigenvalue weighted by Gasteiger charge is -1.98. The average Bonchev–Trinajstić information content (AvgIpc) is 2.55. The number of thioether (sulfide) groups is 1. The molecule has 0 saturated heterocycles. The molecule has 1 aromatic rings. The second-order valence-electron chi connectivity index (χ2n) is 2.90. The van der Waals surface area contributed by atoms with Crippen LogP contribution in [0, 0.1) is 0 Å². The van der Waals surface area contributed by atoms with Crippen LogP contribution in [-0.4, -0.2) is 16.8 Å². The summed E-state index contributed by atoms with van der Waals surface area (Å²) in [6.45, 7) is 1.81. The Morgan fingerprint density at radius 1 is 1.71 bits per heavy atom. The summed E-state index contributed by atoms with van der Waals surface area (Å²) < 4.78 is 5.14. The zero-order valence-corrected chi connectivity index (χ0v) is 8.71. The topological polar surface area (TPSA) is 50.4 Å². The largest absolute Gasteiger partial charge is 0.478 e. The second-order valence-corrected chi connectivity index (χ2v) is 3.89. The zero-order valence-electron chi connectivity index (χ0n) is 7.90. The molecule has 0 aliphatic rings. The minimum Gasteiger partial charge on any atom is -0.478 e. The third-order valence-electron chi connectivity index (χ3n) is 1.52. The Bertz CT molecular complexity index is 314. The van der Waals surface area contributed by atoms with Crippen LogP contribution in [0.15, 0.2) is 34.5 Å². The molecule has 0 aromatic carbocycles. The van der Waals surface area contributed by atoms with Crippen LogP contribution >= 0.6 is 11.8 Å². The molecule has 3 nitrogen and oxygen atoms in total. The van der Waals surface area contributed by atoms with Crippen LogP contribution in [0.2, 0.25) is 0 Å². The second kappa shape index (κ2) is 5.54. The molecule has 0 saturated carbocycles. The van der Waals surface area contributed by atoms with Crippen LogP contribution in [0.4, 0.5) is 0 Å². The van der Waals surface area contributed by atoms with E-state index in [1.807, 2.05) is 19.1 Å². The van der Waals surface area contributed by atoms with Gasteiger partial charge in [-0.3, -0.25) is 0 Å². The van der Waals surface area contributed by atoms with Gasteiger partial charge in [0, 0.05) is 11.8 Å². The first-order valence-electron chi connectivity index (χ1n) is 4.18. The number of furan rings is 1. The van der Waals surface area contributed by atoms with Crippen LogP contribution in [0.25, 0.3) is 0 Å². The van der Waals surface area contributed by atoms with E-state index in [9.17, 15) is 4.79 Å². The van der Waals surface area contributed by atoms with E-state index in [4.69, 9.17) is 9.52 Å². The van der Waals surface area contributed by atoms with Crippen molar-refractivity contribution < 1.29 is 14.3 Å². The first kappa shape index (κ1) is 10.9. The molecule has 0 amide bonds. The molecule has 0 fully saturated rings. The minimum absolute atomic E-state index is 0.715. The zero-order chi connectivity index (χ0) is 10.4. The fourth-order valence-electron chi connectivity index (χ4n) is 0.960. The quantitative estimate of drug-likeness (QED) is 0.762. The maximum atomic E-state index is 10.3. The third kappa shape index (κ3) is 4.18. The standard InChI is InChI=1S/C10H12O3S/c1-8(5-10(11)12)6-14-7-9-3-2-4-13-9/h2-5H,6-7H2,1H3,(H,11,12). The van der Waals surface area contributed by atoms with E-state index in [-0.39, 0.29) is 0 Å². The average molecular weight is 212 g/mol. The normalized spacial score (nSPS) is 11.6. The Labute approximate surface area is 86.8 Å². The Kier molecular flexibility index (Phi) is 4.32. The van der Waals surface area contributed by atoms with E-state index in [0.29, 0.717) is 5.75 Å². The molecule has 4 heteroatoms. The molecule has 0 radical (unpaired) electrons. The van der Waals surface area contributed by atoms with Gasteiger partial charge in [-0.1, -0.05) is 5.57 Å². The summed E-state index contributed by atoms with van der Waals surface area (Å²) >= 11 is 1.64. The van der Waals surface area contributed by atoms with Gasteiger partial charge in [0.2, 0.25) is 0 Å². The van der Waals surface area contributed by atoms with Crippen LogP contribution in [0.5, 0.6) is 0 Å². The Morgan fingerprint density at radius 3 is 3.07 bits per heavy atom. The predicted molar refractivity (Wildman–Crippen MR) is 56.3 cm³/mol. The first-order chi connectivity index (χ1) is 6.68. The summed E-state index contributed by atoms with van der Waals surface area (Å²) in [6, 6.07) is 3.75. The van der Waals surface area contributed by atoms with Gasteiger partial charge in [0.15, 0.2) is 0 Å². The molecular formula is C10H12O3S. The molecule has 14 heavy (non-hydrogen) atoms. The van der Waals surface area contributed by atoms with Gasteiger partial charge in [-0.2, -0.15) is 0 Å². The molecule has 0 unspecified atom stereocenters. The molecule has 1 N–H and O–H groups in total. The lowest BCUT2D eigenvalue weighted by atomic mass is 10.3. The van der Waals surface area contributed by atoms with E-state index in [1.54, 1.807) is 18.0 Å². The van der Waals surface area contributed by atoms with Crippen LogP contribution in [0.1, 0.15) is 12.7 Å². The molecule has 0 aliphatic carbocycles. The van der Waals surface area contributed by atoms with E-state index in [0.717, 1.165) is 17.1 Å². The fourth-order valence-corrected chi connectivity index (χ4v) is 1.83. The molecule has 1 heterocycles. The summed E-state index contributed by atoms with van der Waals surface area (Å²) in [5, 5.41) is 8.46. The van der Waals surface area contributed by atoms with Crippen molar-refractivity contribution in [3.05, 3.63) is 35.8 Å². The molecule has 1 rings (SSSR count). The molecule has 1 aromatic heterocycles. The SMILES string of the molecule is CC(=CC(=O)O)CSCc1ccco1. The number of carbonyl (C=O) groups is 1. The van der Waals surface area contributed by atoms with Crippen molar-refractivity contribution in [2.24, 2.45) is 0 Å². The van der Waals surface area contributed by atoms with Crippen molar-refractivity contribution in [2.45, 2.75) is 12.7 Å². The van der Waals surface area contributed by atoms with Crippen molar-refractivity contribution in [1.29, 1.82) is 0 Å². The van der Waals surface area contributed by atoms with Gasteiger partial charge >= 0.3 is 5.97 Å². The van der Waals surface area contributed by atoms with E-state index >= 15 is 0 Å². The van der Waals surface area contributed by atoms with Crippen LogP contribution in [0.3, 0.4) is 0 Å². The highest BCUT2D eigenvalue weighted by molar-refractivity contribution is 7.98. The molecule has 76 valence electrons. The summed E-state index contributed by atoms with van der Waals surface area (Å²) in [7, 11) is 0. The smallest absolute Gasteiger partial charge is 0.328 e. The number of hydrogen-bond donors (Lipinski definition) is 1. The molecule has 0 aliphatic heterocycles. The highest BCUT2D eigenvalue weighted by atomic mass is 32.2. The maximum absolute atomic E-state index is 10.3. The number of rotatable bonds is 5. The van der Waals surface area contributed by atoms with Crippen LogP contribution in [-0.2, 0) is 10.5 Å². The fraction of sp³-hybridized carbons (Fsp3) is 0.300. The van der Waals surface area contributed by atoms with Crippen molar-refractivity contribution in [2.75, 3.05) is 5.75 Å². The van der Waals surface area contributed by atoms with Gasteiger partial charge in [0.05, 0.1) is 12.0 Å². The van der Waals surface area contributed by atoms with Gasteiger partial charge < -0.3 is 9.52 Å². The van der Waals surface area contributed by atoms with Crippen molar-refractivity contribution in [3.63, 3.8) is 0 Å². The van der Waals surface area contributed by atoms with Gasteiger partial charge in [0.1, 0.15) is 5.76 Å². The van der Waals surface area contributed by atoms with Crippen molar-refractivity contribution >= 4 is 17.7 Å². The third-order valence-corrected chi connectivity index (χ3v) is 2.67. The summed E-state index contributed by atoms with van der Waals surface area (Å²) in [5.41, 5.74) is 0.856. The monoisotopic (exact) mass is 212 g/mol. The molecule has 0 bridgehead atoms. The Morgan fingerprint density at radius 2 is 2.50 bits per heavy atom. The van der Waals surface area contributed by atoms with Gasteiger partial charge in [-0.25, -0.2) is 4.79 Å². The number of carboxylic acid groups (broad SMARTS) is 1. The van der Waals surface area contributed by atoms with Crippen molar-refractivity contribution in [1.82, 2.24) is 0 Å². The van der Waals surface area contributed by atoms with E-state index < -0.39 is 5.97 Å². The first-order valence-corrected chi connectivity index (χ1v) is 5.34. The number of aliphatic carboxylic acids is 1. The highest BCUT2D eigenvalue weighted by Gasteiger charge is 1.98. The molecular weight excluding hydrogens is 200 g/mol. The van der Waals surface area contributed by atoms with Crippen LogP contribution < -0.4 is 0 Å². The van der Waals surface area contributed by atoms with Gasteiger partial charge in [0.25, 0.3) is 0 Å². The minimum atomic E-state index is -0.888. The lowest BCUT2D eigenvalue weighted by Crippen LogP contribution is -1.92. The molecule has 0 atom stereocenters. The highest BCUT2D eigenvalue weighted by Crippen LogP contribution is 2.15.